The van der Waals surface area contributed by atoms with Gasteiger partial charge in [-0.15, -0.1) is 10.2 Å². The Morgan fingerprint density at radius 2 is 1.95 bits per heavy atom. The Hall–Kier alpha value is -2.32. The van der Waals surface area contributed by atoms with Gasteiger partial charge >= 0.3 is 0 Å². The van der Waals surface area contributed by atoms with Crippen LogP contribution in [0.2, 0.25) is 0 Å². The summed E-state index contributed by atoms with van der Waals surface area (Å²) in [6.07, 6.45) is 0. The molecule has 1 aromatic rings. The molecule has 0 unspecified atom stereocenters. The molecule has 0 fully saturated rings. The van der Waals surface area contributed by atoms with E-state index in [9.17, 15) is 4.79 Å². The Bertz CT molecular complexity index is 640. The average molecular weight is 276 g/mol. The number of nitrogens with zero attached hydrogens (tertiary/aromatic N) is 5. The van der Waals surface area contributed by atoms with Crippen molar-refractivity contribution in [2.75, 3.05) is 5.84 Å². The molecule has 0 aliphatic heterocycles. The lowest BCUT2D eigenvalue weighted by Crippen LogP contribution is -2.37. The highest BCUT2D eigenvalue weighted by atomic mass is 32.2. The van der Waals surface area contributed by atoms with Crippen molar-refractivity contribution in [3.63, 3.8) is 0 Å². The molecule has 1 aromatic heterocycles. The Labute approximate surface area is 114 Å². The van der Waals surface area contributed by atoms with Crippen LogP contribution in [0.15, 0.2) is 20.9 Å². The van der Waals surface area contributed by atoms with Gasteiger partial charge in [-0.3, -0.25) is 4.79 Å². The van der Waals surface area contributed by atoms with E-state index < -0.39 is 11.0 Å². The van der Waals surface area contributed by atoms with E-state index in [-0.39, 0.29) is 16.4 Å². The number of nitriles is 2. The minimum Gasteiger partial charge on any atom is -0.334 e. The second-order valence-corrected chi connectivity index (χ2v) is 5.47. The molecule has 0 saturated heterocycles. The minimum atomic E-state index is -0.464. The van der Waals surface area contributed by atoms with E-state index in [1.165, 1.54) is 5.41 Å². The van der Waals surface area contributed by atoms with E-state index >= 15 is 0 Å². The summed E-state index contributed by atoms with van der Waals surface area (Å²) in [6, 6.07) is 3.39. The monoisotopic (exact) mass is 276 g/mol. The number of allylic oxidation sites excluding steroid dienone is 1. The molecule has 8 heteroatoms. The van der Waals surface area contributed by atoms with Crippen LogP contribution in [-0.2, 0) is 5.41 Å². The van der Waals surface area contributed by atoms with Crippen molar-refractivity contribution in [3.8, 4) is 12.1 Å². The molecular weight excluding hydrogens is 264 g/mol. The third-order valence-corrected chi connectivity index (χ3v) is 2.94. The van der Waals surface area contributed by atoms with Crippen LogP contribution < -0.4 is 11.4 Å². The molecule has 0 aliphatic carbocycles. The summed E-state index contributed by atoms with van der Waals surface area (Å²) in [5.41, 5.74) is -0.758. The van der Waals surface area contributed by atoms with E-state index in [0.29, 0.717) is 0 Å². The molecule has 0 spiro atoms. The zero-order valence-electron chi connectivity index (χ0n) is 10.7. The zero-order chi connectivity index (χ0) is 14.6. The van der Waals surface area contributed by atoms with E-state index in [2.05, 4.69) is 10.2 Å². The van der Waals surface area contributed by atoms with Gasteiger partial charge in [0.2, 0.25) is 5.16 Å². The third-order valence-electron chi connectivity index (χ3n) is 2.10. The molecular formula is C11H12N6OS. The fourth-order valence-corrected chi connectivity index (χ4v) is 1.74. The SMILES string of the molecule is CC(C)(C)c1nnc(SC=C(C#N)C#N)n(N)c1=O. The predicted octanol–water partition coefficient (Wildman–Crippen LogP) is 0.673. The van der Waals surface area contributed by atoms with Crippen molar-refractivity contribution < 1.29 is 0 Å². The maximum Gasteiger partial charge on any atom is 0.295 e. The van der Waals surface area contributed by atoms with Crippen LogP contribution in [0.5, 0.6) is 0 Å². The number of aromatic nitrogens is 3. The maximum absolute atomic E-state index is 12.0. The fourth-order valence-electron chi connectivity index (χ4n) is 1.13. The second-order valence-electron chi connectivity index (χ2n) is 4.63. The lowest BCUT2D eigenvalue weighted by molar-refractivity contribution is 0.520. The molecule has 0 bridgehead atoms. The van der Waals surface area contributed by atoms with Crippen LogP contribution in [-0.4, -0.2) is 14.9 Å². The zero-order valence-corrected chi connectivity index (χ0v) is 11.5. The molecule has 0 saturated carbocycles. The first-order valence-corrected chi connectivity index (χ1v) is 6.11. The third kappa shape index (κ3) is 3.33. The van der Waals surface area contributed by atoms with Gasteiger partial charge in [-0.1, -0.05) is 32.5 Å². The van der Waals surface area contributed by atoms with E-state index in [0.717, 1.165) is 16.4 Å². The standard InChI is InChI=1S/C11H12N6OS/c1-11(2,3)8-9(18)17(14)10(16-15-8)19-6-7(4-12)5-13/h6H,14H2,1-3H3. The Morgan fingerprint density at radius 1 is 1.37 bits per heavy atom. The first kappa shape index (κ1) is 14.7. The van der Waals surface area contributed by atoms with Crippen molar-refractivity contribution in [2.24, 2.45) is 0 Å². The highest BCUT2D eigenvalue weighted by Crippen LogP contribution is 2.18. The minimum absolute atomic E-state index is 0.0980. The molecule has 1 rings (SSSR count). The smallest absolute Gasteiger partial charge is 0.295 e. The quantitative estimate of drug-likeness (QED) is 0.478. The topological polar surface area (TPSA) is 121 Å². The second kappa shape index (κ2) is 5.55. The van der Waals surface area contributed by atoms with Crippen LogP contribution in [0.25, 0.3) is 0 Å². The maximum atomic E-state index is 12.0. The summed E-state index contributed by atoms with van der Waals surface area (Å²) >= 11 is 0.895. The number of nitrogen functional groups attached to an aromatic ring is 1. The molecule has 7 nitrogen and oxygen atoms in total. The first-order chi connectivity index (χ1) is 8.81. The van der Waals surface area contributed by atoms with Crippen molar-refractivity contribution in [2.45, 2.75) is 31.3 Å². The number of hydrogen-bond donors (Lipinski definition) is 1. The van der Waals surface area contributed by atoms with Crippen LogP contribution >= 0.6 is 11.8 Å². The van der Waals surface area contributed by atoms with Gasteiger partial charge in [-0.05, 0) is 0 Å². The molecule has 0 aromatic carbocycles. The normalized spacial score (nSPS) is 10.4. The fraction of sp³-hybridized carbons (Fsp3) is 0.364. The summed E-state index contributed by atoms with van der Waals surface area (Å²) in [6.45, 7) is 5.48. The van der Waals surface area contributed by atoms with Crippen molar-refractivity contribution in [3.05, 3.63) is 27.0 Å². The lowest BCUT2D eigenvalue weighted by atomic mass is 9.93. The van der Waals surface area contributed by atoms with Gasteiger partial charge in [0, 0.05) is 10.8 Å². The summed E-state index contributed by atoms with van der Waals surface area (Å²) < 4.78 is 0.862. The molecule has 1 heterocycles. The van der Waals surface area contributed by atoms with Crippen molar-refractivity contribution in [1.29, 1.82) is 10.5 Å². The highest BCUT2D eigenvalue weighted by Gasteiger charge is 2.22. The molecule has 0 aliphatic rings. The lowest BCUT2D eigenvalue weighted by Gasteiger charge is -2.16. The van der Waals surface area contributed by atoms with Gasteiger partial charge < -0.3 is 5.84 Å². The van der Waals surface area contributed by atoms with Crippen molar-refractivity contribution in [1.82, 2.24) is 14.9 Å². The first-order valence-electron chi connectivity index (χ1n) is 5.23. The van der Waals surface area contributed by atoms with Gasteiger partial charge in [0.05, 0.1) is 0 Å². The van der Waals surface area contributed by atoms with E-state index in [4.69, 9.17) is 16.4 Å². The van der Waals surface area contributed by atoms with Gasteiger partial charge in [0.1, 0.15) is 23.4 Å². The van der Waals surface area contributed by atoms with Crippen LogP contribution in [0.3, 0.4) is 0 Å². The molecule has 0 amide bonds. The van der Waals surface area contributed by atoms with Gasteiger partial charge in [0.15, 0.2) is 0 Å². The summed E-state index contributed by atoms with van der Waals surface area (Å²) in [5.74, 6) is 5.63. The Morgan fingerprint density at radius 3 is 2.42 bits per heavy atom. The largest absolute Gasteiger partial charge is 0.334 e. The Balaban J connectivity index is 3.20. The van der Waals surface area contributed by atoms with Crippen molar-refractivity contribution >= 4 is 11.8 Å². The number of thioether (sulfide) groups is 1. The van der Waals surface area contributed by atoms with Gasteiger partial charge in [0.25, 0.3) is 5.56 Å². The predicted molar refractivity (Wildman–Crippen MR) is 70.3 cm³/mol. The van der Waals surface area contributed by atoms with Crippen LogP contribution in [0.1, 0.15) is 26.5 Å². The number of rotatable bonds is 2. The molecule has 0 radical (unpaired) electrons. The molecule has 19 heavy (non-hydrogen) atoms. The van der Waals surface area contributed by atoms with E-state index in [1.54, 1.807) is 12.1 Å². The Kier molecular flexibility index (Phi) is 4.30. The van der Waals surface area contributed by atoms with Crippen LogP contribution in [0, 0.1) is 22.7 Å². The summed E-state index contributed by atoms with van der Waals surface area (Å²) in [4.78, 5) is 12.0. The summed E-state index contributed by atoms with van der Waals surface area (Å²) in [7, 11) is 0. The summed E-state index contributed by atoms with van der Waals surface area (Å²) in [5, 5.41) is 26.3. The molecule has 0 atom stereocenters. The average Bonchev–Trinajstić information content (AvgIpc) is 2.34. The molecule has 2 N–H and O–H groups in total. The molecule has 98 valence electrons. The number of nitrogens with two attached hydrogens (primary N) is 1. The van der Waals surface area contributed by atoms with Gasteiger partial charge in [-0.25, -0.2) is 0 Å². The van der Waals surface area contributed by atoms with E-state index in [1.807, 2.05) is 20.8 Å². The van der Waals surface area contributed by atoms with Crippen LogP contribution in [0.4, 0.5) is 0 Å². The number of hydrogen-bond acceptors (Lipinski definition) is 7. The van der Waals surface area contributed by atoms with Gasteiger partial charge in [-0.2, -0.15) is 15.2 Å². The highest BCUT2D eigenvalue weighted by molar-refractivity contribution is 8.02.